The SMILES string of the molecule is c1ccc(-c2cc3ccccc3c3cc(N(c4cccc5c4ccc4c6ccccc6ccc54)c4cccc5c4c4ccccc4n5-c4ccccc4)ccc23)cc1. The van der Waals surface area contributed by atoms with E-state index in [4.69, 9.17) is 0 Å². The Morgan fingerprint density at radius 1 is 0.310 bits per heavy atom. The van der Waals surface area contributed by atoms with Gasteiger partial charge in [0, 0.05) is 27.5 Å². The number of hydrogen-bond donors (Lipinski definition) is 0. The molecule has 0 saturated carbocycles. The van der Waals surface area contributed by atoms with Crippen LogP contribution in [0.25, 0.3) is 92.5 Å². The summed E-state index contributed by atoms with van der Waals surface area (Å²) in [5.41, 5.74) is 9.34. The van der Waals surface area contributed by atoms with Crippen LogP contribution in [0.1, 0.15) is 0 Å². The highest BCUT2D eigenvalue weighted by Crippen LogP contribution is 2.48. The zero-order chi connectivity index (χ0) is 38.2. The number of benzene rings is 11. The van der Waals surface area contributed by atoms with Gasteiger partial charge in [-0.1, -0.05) is 164 Å². The number of para-hydroxylation sites is 2. The topological polar surface area (TPSA) is 8.17 Å². The van der Waals surface area contributed by atoms with Crippen molar-refractivity contribution in [1.82, 2.24) is 4.57 Å². The van der Waals surface area contributed by atoms with Crippen LogP contribution in [0, 0.1) is 0 Å². The summed E-state index contributed by atoms with van der Waals surface area (Å²) in [6, 6.07) is 80.2. The normalized spacial score (nSPS) is 11.8. The third kappa shape index (κ3) is 4.92. The summed E-state index contributed by atoms with van der Waals surface area (Å²) >= 11 is 0. The Bertz CT molecular complexity index is 3560. The molecule has 0 fully saturated rings. The van der Waals surface area contributed by atoms with Crippen molar-refractivity contribution in [1.29, 1.82) is 0 Å². The van der Waals surface area contributed by atoms with E-state index in [1.54, 1.807) is 0 Å². The fourth-order valence-electron chi connectivity index (χ4n) is 9.57. The molecule has 0 radical (unpaired) electrons. The number of nitrogens with zero attached hydrogens (tertiary/aromatic N) is 2. The van der Waals surface area contributed by atoms with Gasteiger partial charge in [0.15, 0.2) is 0 Å². The van der Waals surface area contributed by atoms with Gasteiger partial charge in [0.2, 0.25) is 0 Å². The largest absolute Gasteiger partial charge is 0.309 e. The molecule has 0 atom stereocenters. The maximum Gasteiger partial charge on any atom is 0.0562 e. The average molecular weight is 737 g/mol. The third-order valence-electron chi connectivity index (χ3n) is 12.1. The highest BCUT2D eigenvalue weighted by Gasteiger charge is 2.23. The van der Waals surface area contributed by atoms with Crippen LogP contribution in [-0.2, 0) is 0 Å². The lowest BCUT2D eigenvalue weighted by Crippen LogP contribution is -2.11. The van der Waals surface area contributed by atoms with Gasteiger partial charge < -0.3 is 9.47 Å². The highest BCUT2D eigenvalue weighted by molar-refractivity contribution is 6.22. The summed E-state index contributed by atoms with van der Waals surface area (Å²) < 4.78 is 2.41. The lowest BCUT2D eigenvalue weighted by atomic mass is 9.92. The molecule has 0 bridgehead atoms. The van der Waals surface area contributed by atoms with E-state index in [0.717, 1.165) is 22.7 Å². The highest BCUT2D eigenvalue weighted by atomic mass is 15.1. The van der Waals surface area contributed by atoms with E-state index in [-0.39, 0.29) is 0 Å². The molecule has 1 heterocycles. The Morgan fingerprint density at radius 3 is 1.72 bits per heavy atom. The Kier molecular flexibility index (Phi) is 7.26. The lowest BCUT2D eigenvalue weighted by molar-refractivity contribution is 1.18. The first-order valence-corrected chi connectivity index (χ1v) is 20.0. The van der Waals surface area contributed by atoms with Crippen LogP contribution in [0.2, 0.25) is 0 Å². The van der Waals surface area contributed by atoms with Crippen LogP contribution in [0.15, 0.2) is 218 Å². The van der Waals surface area contributed by atoms with Crippen LogP contribution in [0.3, 0.4) is 0 Å². The fourth-order valence-corrected chi connectivity index (χ4v) is 9.57. The Balaban J connectivity index is 1.20. The van der Waals surface area contributed by atoms with Crippen LogP contribution < -0.4 is 4.90 Å². The Hall–Kier alpha value is -7.68. The summed E-state index contributed by atoms with van der Waals surface area (Å²) in [4.78, 5) is 2.52. The van der Waals surface area contributed by atoms with E-state index < -0.39 is 0 Å². The number of hydrogen-bond acceptors (Lipinski definition) is 1. The summed E-state index contributed by atoms with van der Waals surface area (Å²) in [5.74, 6) is 0. The van der Waals surface area contributed by atoms with Crippen molar-refractivity contribution in [2.45, 2.75) is 0 Å². The predicted molar refractivity (Wildman–Crippen MR) is 248 cm³/mol. The van der Waals surface area contributed by atoms with Crippen molar-refractivity contribution in [2.24, 2.45) is 0 Å². The van der Waals surface area contributed by atoms with Gasteiger partial charge in [0.25, 0.3) is 0 Å². The second kappa shape index (κ2) is 12.9. The summed E-state index contributed by atoms with van der Waals surface area (Å²) in [6.07, 6.45) is 0. The molecular formula is C56H36N2. The van der Waals surface area contributed by atoms with E-state index in [9.17, 15) is 0 Å². The zero-order valence-electron chi connectivity index (χ0n) is 31.7. The molecule has 0 N–H and O–H groups in total. The van der Waals surface area contributed by atoms with Crippen molar-refractivity contribution in [3.8, 4) is 16.8 Å². The molecule has 0 aliphatic carbocycles. The fraction of sp³-hybridized carbons (Fsp3) is 0. The summed E-state index contributed by atoms with van der Waals surface area (Å²) in [5, 5.41) is 14.9. The molecule has 2 nitrogen and oxygen atoms in total. The van der Waals surface area contributed by atoms with Gasteiger partial charge in [-0.25, -0.2) is 0 Å². The average Bonchev–Trinajstić information content (AvgIpc) is 3.64. The molecule has 58 heavy (non-hydrogen) atoms. The minimum Gasteiger partial charge on any atom is -0.309 e. The van der Waals surface area contributed by atoms with Crippen LogP contribution in [0.5, 0.6) is 0 Å². The molecule has 0 amide bonds. The molecule has 270 valence electrons. The minimum absolute atomic E-state index is 1.11. The van der Waals surface area contributed by atoms with E-state index in [1.807, 2.05) is 0 Å². The zero-order valence-corrected chi connectivity index (χ0v) is 31.7. The van der Waals surface area contributed by atoms with E-state index in [1.165, 1.54) is 86.8 Å². The molecular weight excluding hydrogens is 701 g/mol. The molecule has 11 aromatic carbocycles. The van der Waals surface area contributed by atoms with Crippen molar-refractivity contribution in [3.05, 3.63) is 218 Å². The molecule has 0 unspecified atom stereocenters. The van der Waals surface area contributed by atoms with E-state index >= 15 is 0 Å². The van der Waals surface area contributed by atoms with Crippen molar-refractivity contribution in [2.75, 3.05) is 4.90 Å². The van der Waals surface area contributed by atoms with Gasteiger partial charge in [-0.3, -0.25) is 0 Å². The number of anilines is 3. The van der Waals surface area contributed by atoms with E-state index in [2.05, 4.69) is 228 Å². The lowest BCUT2D eigenvalue weighted by Gasteiger charge is -2.29. The molecule has 1 aromatic heterocycles. The van der Waals surface area contributed by atoms with Gasteiger partial charge in [-0.2, -0.15) is 0 Å². The maximum absolute atomic E-state index is 2.52. The van der Waals surface area contributed by atoms with Crippen molar-refractivity contribution >= 4 is 92.7 Å². The second-order valence-electron chi connectivity index (χ2n) is 15.3. The number of aromatic nitrogens is 1. The molecule has 0 spiro atoms. The molecule has 12 aromatic rings. The van der Waals surface area contributed by atoms with Crippen LogP contribution in [-0.4, -0.2) is 4.57 Å². The van der Waals surface area contributed by atoms with Gasteiger partial charge in [-0.05, 0) is 114 Å². The molecule has 0 saturated heterocycles. The Morgan fingerprint density at radius 2 is 0.879 bits per heavy atom. The first-order chi connectivity index (χ1) is 28.8. The number of fused-ring (bicyclic) bond motifs is 11. The first kappa shape index (κ1) is 32.6. The first-order valence-electron chi connectivity index (χ1n) is 20.0. The summed E-state index contributed by atoms with van der Waals surface area (Å²) in [7, 11) is 0. The monoisotopic (exact) mass is 736 g/mol. The molecule has 0 aliphatic heterocycles. The molecule has 2 heteroatoms. The van der Waals surface area contributed by atoms with Crippen molar-refractivity contribution < 1.29 is 0 Å². The quantitative estimate of drug-likeness (QED) is 0.160. The Labute approximate surface area is 336 Å². The standard InChI is InChI=1S/C56H36N2/c1-3-15-37(16-4-1)50-35-39-18-8-10-22-43(39)51-36-41(30-32-47(50)51)58(52-26-13-24-44-46-31-29-38-17-7-9-21-42(38)45(46)33-34-48(44)52)55-28-14-27-54-56(55)49-23-11-12-25-53(49)57(54)40-19-5-2-6-20-40/h1-36H. The smallest absolute Gasteiger partial charge is 0.0562 e. The summed E-state index contributed by atoms with van der Waals surface area (Å²) in [6.45, 7) is 0. The van der Waals surface area contributed by atoms with Gasteiger partial charge in [0.05, 0.1) is 22.4 Å². The van der Waals surface area contributed by atoms with E-state index in [0.29, 0.717) is 0 Å². The maximum atomic E-state index is 2.52. The van der Waals surface area contributed by atoms with Crippen molar-refractivity contribution in [3.63, 3.8) is 0 Å². The van der Waals surface area contributed by atoms with Crippen LogP contribution >= 0.6 is 0 Å². The van der Waals surface area contributed by atoms with Gasteiger partial charge in [0.1, 0.15) is 0 Å². The minimum atomic E-state index is 1.11. The second-order valence-corrected chi connectivity index (χ2v) is 15.3. The molecule has 0 aliphatic rings. The predicted octanol–water partition coefficient (Wildman–Crippen LogP) is 15.7. The van der Waals surface area contributed by atoms with Gasteiger partial charge >= 0.3 is 0 Å². The number of rotatable bonds is 5. The third-order valence-corrected chi connectivity index (χ3v) is 12.1. The van der Waals surface area contributed by atoms with Crippen LogP contribution in [0.4, 0.5) is 17.1 Å². The molecule has 12 rings (SSSR count). The van der Waals surface area contributed by atoms with Gasteiger partial charge in [-0.15, -0.1) is 0 Å².